The van der Waals surface area contributed by atoms with E-state index < -0.39 is 0 Å². The summed E-state index contributed by atoms with van der Waals surface area (Å²) >= 11 is 0. The van der Waals surface area contributed by atoms with Gasteiger partial charge in [-0.25, -0.2) is 0 Å². The maximum atomic E-state index is 5.81. The van der Waals surface area contributed by atoms with Crippen molar-refractivity contribution in [3.63, 3.8) is 0 Å². The van der Waals surface area contributed by atoms with Gasteiger partial charge in [-0.3, -0.25) is 4.90 Å². The highest BCUT2D eigenvalue weighted by molar-refractivity contribution is 5.64. The van der Waals surface area contributed by atoms with Gasteiger partial charge in [-0.2, -0.15) is 0 Å². The van der Waals surface area contributed by atoms with Crippen molar-refractivity contribution in [2.24, 2.45) is 0 Å². The molecular weight excluding hydrogens is 226 g/mol. The summed E-state index contributed by atoms with van der Waals surface area (Å²) < 4.78 is 5.46. The van der Waals surface area contributed by atoms with E-state index in [1.165, 1.54) is 18.5 Å². The van der Waals surface area contributed by atoms with Gasteiger partial charge in [-0.1, -0.05) is 0 Å². The summed E-state index contributed by atoms with van der Waals surface area (Å²) in [5.74, 6) is 0.888. The molecule has 2 saturated heterocycles. The number of benzene rings is 1. The minimum absolute atomic E-state index is 0.686. The number of nitrogens with two attached hydrogens (primary N) is 1. The fraction of sp³-hybridized carbons (Fsp3) is 0.571. The van der Waals surface area contributed by atoms with Gasteiger partial charge >= 0.3 is 0 Å². The normalized spacial score (nSPS) is 27.6. The van der Waals surface area contributed by atoms with Crippen LogP contribution in [0.5, 0.6) is 5.75 Å². The van der Waals surface area contributed by atoms with Crippen LogP contribution in [0.25, 0.3) is 0 Å². The number of anilines is 2. The van der Waals surface area contributed by atoms with Gasteiger partial charge in [0.15, 0.2) is 0 Å². The van der Waals surface area contributed by atoms with Crippen molar-refractivity contribution < 1.29 is 4.74 Å². The van der Waals surface area contributed by atoms with E-state index in [9.17, 15) is 0 Å². The fourth-order valence-corrected chi connectivity index (χ4v) is 3.27. The highest BCUT2D eigenvalue weighted by Gasteiger charge is 2.38. The maximum absolute atomic E-state index is 5.81. The quantitative estimate of drug-likeness (QED) is 0.805. The number of fused-ring (bicyclic) bond motifs is 2. The summed E-state index contributed by atoms with van der Waals surface area (Å²) in [6.45, 7) is 2.18. The van der Waals surface area contributed by atoms with Gasteiger partial charge < -0.3 is 15.4 Å². The van der Waals surface area contributed by atoms with Crippen LogP contribution in [0.1, 0.15) is 12.8 Å². The molecule has 2 aliphatic heterocycles. The molecule has 0 aromatic heterocycles. The third kappa shape index (κ3) is 1.81. The summed E-state index contributed by atoms with van der Waals surface area (Å²) in [6, 6.07) is 7.32. The zero-order valence-corrected chi connectivity index (χ0v) is 11.1. The zero-order valence-electron chi connectivity index (χ0n) is 11.1. The third-order valence-electron chi connectivity index (χ3n) is 4.39. The summed E-state index contributed by atoms with van der Waals surface area (Å²) in [7, 11) is 3.96. The number of piperazine rings is 1. The van der Waals surface area contributed by atoms with Crippen LogP contribution in [0.4, 0.5) is 11.4 Å². The van der Waals surface area contributed by atoms with Crippen molar-refractivity contribution >= 4 is 11.4 Å². The number of rotatable bonds is 2. The van der Waals surface area contributed by atoms with E-state index in [-0.39, 0.29) is 0 Å². The van der Waals surface area contributed by atoms with Crippen LogP contribution in [-0.2, 0) is 0 Å². The second-order valence-corrected chi connectivity index (χ2v) is 5.39. The molecule has 0 aliphatic carbocycles. The van der Waals surface area contributed by atoms with E-state index in [0.29, 0.717) is 12.1 Å². The number of hydrogen-bond acceptors (Lipinski definition) is 4. The first-order chi connectivity index (χ1) is 8.69. The van der Waals surface area contributed by atoms with E-state index in [1.54, 1.807) is 7.11 Å². The lowest BCUT2D eigenvalue weighted by atomic mass is 10.1. The number of hydrogen-bond donors (Lipinski definition) is 1. The Morgan fingerprint density at radius 1 is 1.22 bits per heavy atom. The van der Waals surface area contributed by atoms with Crippen molar-refractivity contribution in [1.29, 1.82) is 0 Å². The monoisotopic (exact) mass is 247 g/mol. The fourth-order valence-electron chi connectivity index (χ4n) is 3.27. The standard InChI is InChI=1S/C14H21N3O/c1-16-11-4-5-12(16)9-17(8-11)13-6-3-10(15)7-14(13)18-2/h3,6-7,11-12H,4-5,8-9,15H2,1-2H3. The van der Waals surface area contributed by atoms with E-state index in [0.717, 1.165) is 24.5 Å². The Kier molecular flexibility index (Phi) is 2.82. The summed E-state index contributed by atoms with van der Waals surface area (Å²) in [5.41, 5.74) is 7.75. The van der Waals surface area contributed by atoms with Crippen molar-refractivity contribution in [2.75, 3.05) is 37.9 Å². The molecule has 2 bridgehead atoms. The molecule has 18 heavy (non-hydrogen) atoms. The first-order valence-electron chi connectivity index (χ1n) is 6.59. The Labute approximate surface area is 108 Å². The molecule has 2 N–H and O–H groups in total. The van der Waals surface area contributed by atoms with E-state index in [2.05, 4.69) is 22.9 Å². The molecule has 2 fully saturated rings. The minimum Gasteiger partial charge on any atom is -0.495 e. The summed E-state index contributed by atoms with van der Waals surface area (Å²) in [5, 5.41) is 0. The molecule has 4 heteroatoms. The number of methoxy groups -OCH3 is 1. The number of likely N-dealkylation sites (N-methyl/N-ethyl adjacent to an activating group) is 1. The SMILES string of the molecule is COc1cc(N)ccc1N1CC2CCC(C1)N2C. The van der Waals surface area contributed by atoms with Gasteiger partial charge in [0.2, 0.25) is 0 Å². The number of ether oxygens (including phenoxy) is 1. The molecule has 2 unspecified atom stereocenters. The van der Waals surface area contributed by atoms with Crippen LogP contribution >= 0.6 is 0 Å². The first kappa shape index (κ1) is 11.7. The largest absolute Gasteiger partial charge is 0.495 e. The Hall–Kier alpha value is -1.42. The molecule has 2 heterocycles. The molecule has 3 rings (SSSR count). The maximum Gasteiger partial charge on any atom is 0.144 e. The lowest BCUT2D eigenvalue weighted by molar-refractivity contribution is 0.212. The topological polar surface area (TPSA) is 41.7 Å². The smallest absolute Gasteiger partial charge is 0.144 e. The van der Waals surface area contributed by atoms with Gasteiger partial charge in [0.05, 0.1) is 12.8 Å². The average molecular weight is 247 g/mol. The summed E-state index contributed by atoms with van der Waals surface area (Å²) in [4.78, 5) is 4.97. The van der Waals surface area contributed by atoms with Crippen molar-refractivity contribution in [3.05, 3.63) is 18.2 Å². The lowest BCUT2D eigenvalue weighted by Gasteiger charge is -2.40. The molecule has 0 amide bonds. The predicted molar refractivity (Wildman–Crippen MR) is 74.2 cm³/mol. The Morgan fingerprint density at radius 3 is 2.50 bits per heavy atom. The molecule has 4 nitrogen and oxygen atoms in total. The van der Waals surface area contributed by atoms with Crippen LogP contribution < -0.4 is 15.4 Å². The molecule has 2 atom stereocenters. The molecule has 0 spiro atoms. The van der Waals surface area contributed by atoms with E-state index in [4.69, 9.17) is 10.5 Å². The Balaban J connectivity index is 1.88. The van der Waals surface area contributed by atoms with Crippen LogP contribution in [0.2, 0.25) is 0 Å². The molecule has 0 saturated carbocycles. The molecule has 1 aromatic carbocycles. The van der Waals surface area contributed by atoms with Crippen LogP contribution in [0, 0.1) is 0 Å². The van der Waals surface area contributed by atoms with Gasteiger partial charge in [0.25, 0.3) is 0 Å². The second-order valence-electron chi connectivity index (χ2n) is 5.39. The van der Waals surface area contributed by atoms with Crippen molar-refractivity contribution in [3.8, 4) is 5.75 Å². The molecule has 1 aromatic rings. The zero-order chi connectivity index (χ0) is 12.7. The van der Waals surface area contributed by atoms with Gasteiger partial charge in [-0.05, 0) is 32.0 Å². The van der Waals surface area contributed by atoms with Gasteiger partial charge in [0, 0.05) is 36.9 Å². The number of nitrogen functional groups attached to an aromatic ring is 1. The molecular formula is C14H21N3O. The minimum atomic E-state index is 0.686. The Bertz CT molecular complexity index is 435. The predicted octanol–water partition coefficient (Wildman–Crippen LogP) is 1.56. The van der Waals surface area contributed by atoms with Crippen LogP contribution in [0.15, 0.2) is 18.2 Å². The average Bonchev–Trinajstić information content (AvgIpc) is 2.61. The highest BCUT2D eigenvalue weighted by Crippen LogP contribution is 2.36. The van der Waals surface area contributed by atoms with Crippen LogP contribution in [0.3, 0.4) is 0 Å². The number of nitrogens with zero attached hydrogens (tertiary/aromatic N) is 2. The lowest BCUT2D eigenvalue weighted by Crippen LogP contribution is -2.52. The Morgan fingerprint density at radius 2 is 1.89 bits per heavy atom. The van der Waals surface area contributed by atoms with Crippen molar-refractivity contribution in [2.45, 2.75) is 24.9 Å². The second kappa shape index (κ2) is 4.35. The van der Waals surface area contributed by atoms with E-state index in [1.807, 2.05) is 12.1 Å². The first-order valence-corrected chi connectivity index (χ1v) is 6.59. The summed E-state index contributed by atoms with van der Waals surface area (Å²) in [6.07, 6.45) is 2.63. The van der Waals surface area contributed by atoms with Gasteiger partial charge in [0.1, 0.15) is 5.75 Å². The van der Waals surface area contributed by atoms with Crippen molar-refractivity contribution in [1.82, 2.24) is 4.90 Å². The van der Waals surface area contributed by atoms with Crippen LogP contribution in [-0.4, -0.2) is 44.2 Å². The van der Waals surface area contributed by atoms with E-state index >= 15 is 0 Å². The molecule has 98 valence electrons. The molecule has 0 radical (unpaired) electrons. The molecule has 2 aliphatic rings. The van der Waals surface area contributed by atoms with Gasteiger partial charge in [-0.15, -0.1) is 0 Å². The third-order valence-corrected chi connectivity index (χ3v) is 4.39. The highest BCUT2D eigenvalue weighted by atomic mass is 16.5.